The molecule has 11 heteroatoms. The number of hydrogen-bond donors (Lipinski definition) is 3. The first kappa shape index (κ1) is 22.4. The van der Waals surface area contributed by atoms with Gasteiger partial charge < -0.3 is 9.47 Å². The summed E-state index contributed by atoms with van der Waals surface area (Å²) in [4.78, 5) is 35.5. The summed E-state index contributed by atoms with van der Waals surface area (Å²) in [6.07, 6.45) is 0. The van der Waals surface area contributed by atoms with Crippen molar-refractivity contribution in [3.05, 3.63) is 63.6 Å². The van der Waals surface area contributed by atoms with Crippen molar-refractivity contribution in [2.45, 2.75) is 0 Å². The predicted octanol–water partition coefficient (Wildman–Crippen LogP) is 2.49. The summed E-state index contributed by atoms with van der Waals surface area (Å²) in [5.74, 6) is -1.44. The fourth-order valence-electron chi connectivity index (χ4n) is 2.01. The van der Waals surface area contributed by atoms with Crippen molar-refractivity contribution in [2.24, 2.45) is 0 Å². The number of hydrogen-bond acceptors (Lipinski definition) is 6. The molecule has 0 unspecified atom stereocenters. The first-order chi connectivity index (χ1) is 13.8. The van der Waals surface area contributed by atoms with Crippen LogP contribution in [0.4, 0.5) is 0 Å². The van der Waals surface area contributed by atoms with Crippen molar-refractivity contribution in [3.8, 4) is 5.75 Å². The van der Waals surface area contributed by atoms with E-state index in [9.17, 15) is 14.4 Å². The van der Waals surface area contributed by atoms with Gasteiger partial charge in [-0.25, -0.2) is 4.79 Å². The summed E-state index contributed by atoms with van der Waals surface area (Å²) in [7, 11) is 1.24. The highest BCUT2D eigenvalue weighted by molar-refractivity contribution is 7.80. The molecule has 0 atom stereocenters. The molecule has 0 heterocycles. The Balaban J connectivity index is 1.81. The molecular formula is C18H15Cl2N3O5S. The van der Waals surface area contributed by atoms with E-state index in [2.05, 4.69) is 20.9 Å². The highest BCUT2D eigenvalue weighted by Gasteiger charge is 2.12. The van der Waals surface area contributed by atoms with Gasteiger partial charge in [-0.15, -0.1) is 0 Å². The molecule has 2 rings (SSSR count). The summed E-state index contributed by atoms with van der Waals surface area (Å²) in [6, 6.07) is 10.5. The van der Waals surface area contributed by atoms with Crippen LogP contribution in [0.25, 0.3) is 0 Å². The summed E-state index contributed by atoms with van der Waals surface area (Å²) in [5, 5.41) is 2.90. The molecule has 152 valence electrons. The number of benzene rings is 2. The lowest BCUT2D eigenvalue weighted by molar-refractivity contribution is -0.123. The maximum atomic E-state index is 12.2. The van der Waals surface area contributed by atoms with E-state index in [0.717, 1.165) is 0 Å². The smallest absolute Gasteiger partial charge is 0.337 e. The number of hydrazine groups is 1. The van der Waals surface area contributed by atoms with Gasteiger partial charge in [-0.05, 0) is 48.6 Å². The van der Waals surface area contributed by atoms with Gasteiger partial charge in [0.25, 0.3) is 11.8 Å². The number of thiocarbonyl (C=S) groups is 1. The number of nitrogens with one attached hydrogen (secondary N) is 3. The van der Waals surface area contributed by atoms with Crippen LogP contribution in [0.15, 0.2) is 42.5 Å². The van der Waals surface area contributed by atoms with Gasteiger partial charge in [0.05, 0.1) is 17.7 Å². The second kappa shape index (κ2) is 10.6. The highest BCUT2D eigenvalue weighted by atomic mass is 35.5. The molecule has 0 aliphatic heterocycles. The lowest BCUT2D eigenvalue weighted by atomic mass is 10.1. The number of carbonyl (C=O) groups excluding carboxylic acids is 3. The van der Waals surface area contributed by atoms with Crippen LogP contribution in [0.2, 0.25) is 10.0 Å². The number of ether oxygens (including phenoxy) is 2. The van der Waals surface area contributed by atoms with Crippen molar-refractivity contribution < 1.29 is 23.9 Å². The second-order valence-electron chi connectivity index (χ2n) is 5.39. The first-order valence-electron chi connectivity index (χ1n) is 7.96. The summed E-state index contributed by atoms with van der Waals surface area (Å²) in [5.41, 5.74) is 5.03. The Morgan fingerprint density at radius 2 is 1.76 bits per heavy atom. The maximum Gasteiger partial charge on any atom is 0.337 e. The quantitative estimate of drug-likeness (QED) is 0.361. The van der Waals surface area contributed by atoms with E-state index in [0.29, 0.717) is 5.02 Å². The van der Waals surface area contributed by atoms with Crippen LogP contribution >= 0.6 is 35.4 Å². The highest BCUT2D eigenvalue weighted by Crippen LogP contribution is 2.27. The van der Waals surface area contributed by atoms with Crippen molar-refractivity contribution in [1.29, 1.82) is 0 Å². The lowest BCUT2D eigenvalue weighted by Gasteiger charge is -2.12. The van der Waals surface area contributed by atoms with E-state index in [-0.39, 0.29) is 33.6 Å². The molecule has 8 nitrogen and oxygen atoms in total. The van der Waals surface area contributed by atoms with E-state index in [4.69, 9.17) is 40.2 Å². The molecule has 0 radical (unpaired) electrons. The zero-order valence-electron chi connectivity index (χ0n) is 15.0. The average molecular weight is 456 g/mol. The molecule has 2 aromatic rings. The SMILES string of the molecule is COC(=O)c1cccc(C(=O)NC(=S)NNC(=O)COc2ccc(Cl)cc2Cl)c1. The Bertz CT molecular complexity index is 955. The number of halogens is 2. The van der Waals surface area contributed by atoms with Crippen molar-refractivity contribution in [2.75, 3.05) is 13.7 Å². The lowest BCUT2D eigenvalue weighted by Crippen LogP contribution is -2.49. The van der Waals surface area contributed by atoms with Crippen molar-refractivity contribution in [1.82, 2.24) is 16.2 Å². The molecule has 0 bridgehead atoms. The topological polar surface area (TPSA) is 106 Å². The molecule has 0 aliphatic carbocycles. The van der Waals surface area contributed by atoms with Crippen LogP contribution < -0.4 is 20.9 Å². The van der Waals surface area contributed by atoms with Crippen LogP contribution in [0.1, 0.15) is 20.7 Å². The Morgan fingerprint density at radius 1 is 1.03 bits per heavy atom. The minimum Gasteiger partial charge on any atom is -0.482 e. The molecule has 29 heavy (non-hydrogen) atoms. The number of esters is 1. The third kappa shape index (κ3) is 6.90. The van der Waals surface area contributed by atoms with Crippen molar-refractivity contribution >= 4 is 58.3 Å². The van der Waals surface area contributed by atoms with E-state index >= 15 is 0 Å². The molecular weight excluding hydrogens is 441 g/mol. The van der Waals surface area contributed by atoms with Crippen LogP contribution in [-0.2, 0) is 9.53 Å². The summed E-state index contributed by atoms with van der Waals surface area (Å²) in [6.45, 7) is -0.355. The summed E-state index contributed by atoms with van der Waals surface area (Å²) < 4.78 is 9.87. The van der Waals surface area contributed by atoms with Crippen LogP contribution in [-0.4, -0.2) is 36.6 Å². The maximum absolute atomic E-state index is 12.2. The number of methoxy groups -OCH3 is 1. The number of rotatable bonds is 5. The fraction of sp³-hybridized carbons (Fsp3) is 0.111. The molecule has 0 spiro atoms. The van der Waals surface area contributed by atoms with Crippen LogP contribution in [0.3, 0.4) is 0 Å². The van der Waals surface area contributed by atoms with Crippen LogP contribution in [0, 0.1) is 0 Å². The Labute approximate surface area is 181 Å². The molecule has 0 fully saturated rings. The zero-order chi connectivity index (χ0) is 21.4. The van der Waals surface area contributed by atoms with Gasteiger partial charge in [-0.1, -0.05) is 29.3 Å². The second-order valence-corrected chi connectivity index (χ2v) is 6.64. The van der Waals surface area contributed by atoms with Crippen molar-refractivity contribution in [3.63, 3.8) is 0 Å². The van der Waals surface area contributed by atoms with E-state index in [1.54, 1.807) is 6.07 Å². The largest absolute Gasteiger partial charge is 0.482 e. The fourth-order valence-corrected chi connectivity index (χ4v) is 2.62. The van der Waals surface area contributed by atoms with Gasteiger partial charge in [0, 0.05) is 10.6 Å². The number of carbonyl (C=O) groups is 3. The Kier molecular flexibility index (Phi) is 8.20. The Hall–Kier alpha value is -2.88. The molecule has 0 saturated carbocycles. The molecule has 0 aliphatic rings. The average Bonchev–Trinajstić information content (AvgIpc) is 2.71. The first-order valence-corrected chi connectivity index (χ1v) is 9.13. The minimum absolute atomic E-state index is 0.156. The molecule has 2 aromatic carbocycles. The number of amides is 2. The monoisotopic (exact) mass is 455 g/mol. The zero-order valence-corrected chi connectivity index (χ0v) is 17.3. The third-order valence-electron chi connectivity index (χ3n) is 3.34. The minimum atomic E-state index is -0.577. The molecule has 0 aromatic heterocycles. The molecule has 3 N–H and O–H groups in total. The Morgan fingerprint density at radius 3 is 2.45 bits per heavy atom. The van der Waals surface area contributed by atoms with Gasteiger partial charge in [0.2, 0.25) is 0 Å². The summed E-state index contributed by atoms with van der Waals surface area (Å²) >= 11 is 16.7. The predicted molar refractivity (Wildman–Crippen MR) is 111 cm³/mol. The molecule has 0 saturated heterocycles. The van der Waals surface area contributed by atoms with Gasteiger partial charge in [-0.3, -0.25) is 25.8 Å². The van der Waals surface area contributed by atoms with Gasteiger partial charge in [0.15, 0.2) is 11.7 Å². The van der Waals surface area contributed by atoms with E-state index < -0.39 is 17.8 Å². The van der Waals surface area contributed by atoms with Gasteiger partial charge >= 0.3 is 5.97 Å². The van der Waals surface area contributed by atoms with Crippen LogP contribution in [0.5, 0.6) is 5.75 Å². The van der Waals surface area contributed by atoms with E-state index in [1.807, 2.05) is 0 Å². The molecule has 2 amide bonds. The third-order valence-corrected chi connectivity index (χ3v) is 4.08. The standard InChI is InChI=1S/C18H15Cl2N3O5S/c1-27-17(26)11-4-2-3-10(7-11)16(25)21-18(29)23-22-15(24)9-28-14-6-5-12(19)8-13(14)20/h2-8H,9H2,1H3,(H,22,24)(H2,21,23,25,29). The van der Waals surface area contributed by atoms with Gasteiger partial charge in [0.1, 0.15) is 5.75 Å². The van der Waals surface area contributed by atoms with Gasteiger partial charge in [-0.2, -0.15) is 0 Å². The van der Waals surface area contributed by atoms with E-state index in [1.165, 1.54) is 43.5 Å². The normalized spacial score (nSPS) is 9.90.